The van der Waals surface area contributed by atoms with Crippen molar-refractivity contribution in [2.45, 2.75) is 41.9 Å². The molecule has 2 rings (SSSR count). The SMILES string of the molecule is CSC1CCCCC1Nc1ccc(S(=O)(=O)N(C)C)cc1. The van der Waals surface area contributed by atoms with E-state index in [0.717, 1.165) is 5.69 Å². The smallest absolute Gasteiger partial charge is 0.242 e. The molecular weight excluding hydrogens is 304 g/mol. The van der Waals surface area contributed by atoms with Crippen LogP contribution in [0.1, 0.15) is 25.7 Å². The second-order valence-electron chi connectivity index (χ2n) is 5.62. The highest BCUT2D eigenvalue weighted by Gasteiger charge is 2.24. The van der Waals surface area contributed by atoms with Crippen molar-refractivity contribution in [3.63, 3.8) is 0 Å². The first kappa shape index (κ1) is 16.6. The molecule has 1 N–H and O–H groups in total. The van der Waals surface area contributed by atoms with Gasteiger partial charge in [0.1, 0.15) is 0 Å². The van der Waals surface area contributed by atoms with Gasteiger partial charge in [-0.1, -0.05) is 12.8 Å². The van der Waals surface area contributed by atoms with Gasteiger partial charge in [0.05, 0.1) is 4.90 Å². The molecule has 0 saturated heterocycles. The highest BCUT2D eigenvalue weighted by Crippen LogP contribution is 2.29. The van der Waals surface area contributed by atoms with Crippen LogP contribution in [0.4, 0.5) is 5.69 Å². The van der Waals surface area contributed by atoms with E-state index in [1.54, 1.807) is 26.2 Å². The Morgan fingerprint density at radius 3 is 2.33 bits per heavy atom. The predicted molar refractivity (Wildman–Crippen MR) is 90.5 cm³/mol. The maximum absolute atomic E-state index is 12.0. The Hall–Kier alpha value is -0.720. The standard InChI is InChI=1S/C15H24N2O2S2/c1-17(2)21(18,19)13-10-8-12(9-11-13)16-14-6-4-5-7-15(14)20-3/h8-11,14-16H,4-7H2,1-3H3. The molecule has 0 aliphatic heterocycles. The Kier molecular flexibility index (Phi) is 5.57. The zero-order valence-corrected chi connectivity index (χ0v) is 14.5. The van der Waals surface area contributed by atoms with E-state index in [9.17, 15) is 8.42 Å². The van der Waals surface area contributed by atoms with Crippen LogP contribution in [0.5, 0.6) is 0 Å². The minimum Gasteiger partial charge on any atom is -0.381 e. The molecule has 1 fully saturated rings. The third-order valence-corrected chi connectivity index (χ3v) is 6.99. The van der Waals surface area contributed by atoms with Crippen LogP contribution in [-0.2, 0) is 10.0 Å². The highest BCUT2D eigenvalue weighted by molar-refractivity contribution is 7.99. The van der Waals surface area contributed by atoms with Gasteiger partial charge in [-0.3, -0.25) is 0 Å². The zero-order valence-electron chi connectivity index (χ0n) is 12.9. The summed E-state index contributed by atoms with van der Waals surface area (Å²) in [7, 11) is -0.244. The summed E-state index contributed by atoms with van der Waals surface area (Å²) >= 11 is 1.92. The van der Waals surface area contributed by atoms with E-state index in [1.165, 1.54) is 30.0 Å². The van der Waals surface area contributed by atoms with Crippen LogP contribution in [0.15, 0.2) is 29.2 Å². The van der Waals surface area contributed by atoms with E-state index in [0.29, 0.717) is 16.2 Å². The van der Waals surface area contributed by atoms with E-state index < -0.39 is 10.0 Å². The average molecular weight is 329 g/mol. The molecule has 2 unspecified atom stereocenters. The van der Waals surface area contributed by atoms with Crippen molar-refractivity contribution < 1.29 is 8.42 Å². The second-order valence-corrected chi connectivity index (χ2v) is 8.85. The van der Waals surface area contributed by atoms with Gasteiger partial charge in [-0.25, -0.2) is 12.7 Å². The molecule has 1 saturated carbocycles. The Labute approximate surface area is 132 Å². The first-order valence-electron chi connectivity index (χ1n) is 7.27. The largest absolute Gasteiger partial charge is 0.381 e. The molecule has 1 aromatic rings. The summed E-state index contributed by atoms with van der Waals surface area (Å²) in [6, 6.07) is 7.55. The van der Waals surface area contributed by atoms with Gasteiger partial charge in [-0.15, -0.1) is 0 Å². The predicted octanol–water partition coefficient (Wildman–Crippen LogP) is 3.02. The van der Waals surface area contributed by atoms with Crippen LogP contribution in [0.2, 0.25) is 0 Å². The van der Waals surface area contributed by atoms with Crippen molar-refractivity contribution in [3.8, 4) is 0 Å². The maximum Gasteiger partial charge on any atom is 0.242 e. The molecule has 21 heavy (non-hydrogen) atoms. The molecular formula is C15H24N2O2S2. The maximum atomic E-state index is 12.0. The first-order valence-corrected chi connectivity index (χ1v) is 10.00. The van der Waals surface area contributed by atoms with Crippen molar-refractivity contribution in [1.29, 1.82) is 0 Å². The molecule has 0 aromatic heterocycles. The molecule has 0 bridgehead atoms. The lowest BCUT2D eigenvalue weighted by Crippen LogP contribution is -2.34. The minimum absolute atomic E-state index is 0.336. The molecule has 1 aromatic carbocycles. The van der Waals surface area contributed by atoms with Crippen LogP contribution in [0, 0.1) is 0 Å². The summed E-state index contributed by atoms with van der Waals surface area (Å²) in [5.41, 5.74) is 0.999. The van der Waals surface area contributed by atoms with Gasteiger partial charge < -0.3 is 5.32 Å². The number of sulfonamides is 1. The Morgan fingerprint density at radius 2 is 1.76 bits per heavy atom. The summed E-state index contributed by atoms with van der Waals surface area (Å²) in [4.78, 5) is 0.336. The van der Waals surface area contributed by atoms with Crippen molar-refractivity contribution in [3.05, 3.63) is 24.3 Å². The number of benzene rings is 1. The van der Waals surface area contributed by atoms with Gasteiger partial charge in [-0.2, -0.15) is 11.8 Å². The third-order valence-electron chi connectivity index (χ3n) is 3.99. The Balaban J connectivity index is 2.09. The monoisotopic (exact) mass is 328 g/mol. The fraction of sp³-hybridized carbons (Fsp3) is 0.600. The quantitative estimate of drug-likeness (QED) is 0.902. The number of rotatable bonds is 5. The molecule has 0 heterocycles. The van der Waals surface area contributed by atoms with Crippen LogP contribution < -0.4 is 5.32 Å². The van der Waals surface area contributed by atoms with Crippen molar-refractivity contribution in [1.82, 2.24) is 4.31 Å². The number of hydrogen-bond donors (Lipinski definition) is 1. The van der Waals surface area contributed by atoms with E-state index >= 15 is 0 Å². The summed E-state index contributed by atoms with van der Waals surface area (Å²) in [5.74, 6) is 0. The first-order chi connectivity index (χ1) is 9.95. The fourth-order valence-electron chi connectivity index (χ4n) is 2.69. The number of thioether (sulfide) groups is 1. The number of nitrogens with one attached hydrogen (secondary N) is 1. The van der Waals surface area contributed by atoms with Crippen LogP contribution in [0.25, 0.3) is 0 Å². The normalized spacial score (nSPS) is 23.2. The fourth-order valence-corrected chi connectivity index (χ4v) is 4.53. The van der Waals surface area contributed by atoms with Crippen LogP contribution >= 0.6 is 11.8 Å². The average Bonchev–Trinajstić information content (AvgIpc) is 2.48. The zero-order chi connectivity index (χ0) is 15.5. The second kappa shape index (κ2) is 7.03. The Bertz CT molecular complexity index is 556. The number of anilines is 1. The number of hydrogen-bond acceptors (Lipinski definition) is 4. The molecule has 2 atom stereocenters. The highest BCUT2D eigenvalue weighted by atomic mass is 32.2. The molecule has 0 amide bonds. The molecule has 6 heteroatoms. The van der Waals surface area contributed by atoms with E-state index in [1.807, 2.05) is 23.9 Å². The van der Waals surface area contributed by atoms with Crippen LogP contribution in [-0.4, -0.2) is 44.4 Å². The lowest BCUT2D eigenvalue weighted by atomic mass is 9.94. The lowest BCUT2D eigenvalue weighted by Gasteiger charge is -2.31. The van der Waals surface area contributed by atoms with Gasteiger partial charge in [-0.05, 0) is 43.4 Å². The van der Waals surface area contributed by atoms with Crippen molar-refractivity contribution in [2.24, 2.45) is 0 Å². The summed E-state index contributed by atoms with van der Waals surface area (Å²) in [6.07, 6.45) is 7.18. The Morgan fingerprint density at radius 1 is 1.14 bits per heavy atom. The topological polar surface area (TPSA) is 49.4 Å². The van der Waals surface area contributed by atoms with E-state index in [-0.39, 0.29) is 0 Å². The van der Waals surface area contributed by atoms with E-state index in [4.69, 9.17) is 0 Å². The van der Waals surface area contributed by atoms with E-state index in [2.05, 4.69) is 11.6 Å². The van der Waals surface area contributed by atoms with Gasteiger partial charge in [0.25, 0.3) is 0 Å². The minimum atomic E-state index is -3.34. The summed E-state index contributed by atoms with van der Waals surface area (Å²) in [5, 5.41) is 4.20. The summed E-state index contributed by atoms with van der Waals surface area (Å²) in [6.45, 7) is 0. The molecule has 0 radical (unpaired) electrons. The third kappa shape index (κ3) is 3.93. The summed E-state index contributed by atoms with van der Waals surface area (Å²) < 4.78 is 25.3. The van der Waals surface area contributed by atoms with Crippen molar-refractivity contribution >= 4 is 27.5 Å². The lowest BCUT2D eigenvalue weighted by molar-refractivity contribution is 0.475. The molecule has 1 aliphatic carbocycles. The van der Waals surface area contributed by atoms with Crippen molar-refractivity contribution in [2.75, 3.05) is 25.7 Å². The molecule has 4 nitrogen and oxygen atoms in total. The van der Waals surface area contributed by atoms with Gasteiger partial charge >= 0.3 is 0 Å². The molecule has 1 aliphatic rings. The van der Waals surface area contributed by atoms with Crippen LogP contribution in [0.3, 0.4) is 0 Å². The van der Waals surface area contributed by atoms with Gasteiger partial charge in [0.15, 0.2) is 0 Å². The molecule has 0 spiro atoms. The number of nitrogens with zero attached hydrogens (tertiary/aromatic N) is 1. The van der Waals surface area contributed by atoms with Gasteiger partial charge in [0.2, 0.25) is 10.0 Å². The van der Waals surface area contributed by atoms with Gasteiger partial charge in [0, 0.05) is 31.1 Å². The molecule has 118 valence electrons.